The lowest BCUT2D eigenvalue weighted by molar-refractivity contribution is -0.384. The largest absolute Gasteiger partial charge is 0.401 e. The van der Waals surface area contributed by atoms with Crippen LogP contribution in [0.3, 0.4) is 0 Å². The molecule has 2 aromatic heterocycles. The topological polar surface area (TPSA) is 129 Å². The average molecular weight is 340 g/mol. The third-order valence-corrected chi connectivity index (χ3v) is 3.12. The van der Waals surface area contributed by atoms with Gasteiger partial charge in [-0.1, -0.05) is 5.10 Å². The van der Waals surface area contributed by atoms with E-state index in [2.05, 4.69) is 20.6 Å². The van der Waals surface area contributed by atoms with E-state index in [1.165, 1.54) is 36.4 Å². The van der Waals surface area contributed by atoms with Gasteiger partial charge in [-0.2, -0.15) is 5.10 Å². The van der Waals surface area contributed by atoms with Gasteiger partial charge in [-0.3, -0.25) is 24.9 Å². The summed E-state index contributed by atoms with van der Waals surface area (Å²) in [6.07, 6.45) is 4.49. The molecular weight excluding hydrogens is 328 g/mol. The number of carbonyl (C=O) groups excluding carboxylic acids is 1. The quantitative estimate of drug-likeness (QED) is 0.427. The van der Waals surface area contributed by atoms with Gasteiger partial charge in [0, 0.05) is 31.5 Å². The lowest BCUT2D eigenvalue weighted by atomic mass is 10.2. The molecule has 0 atom stereocenters. The first-order chi connectivity index (χ1) is 12.0. The maximum atomic E-state index is 11.9. The number of non-ortho nitro benzene ring substituents is 1. The number of hydrogen-bond donors (Lipinski definition) is 1. The normalized spacial score (nSPS) is 10.9. The Balaban J connectivity index is 1.62. The van der Waals surface area contributed by atoms with E-state index in [0.717, 1.165) is 0 Å². The van der Waals surface area contributed by atoms with Gasteiger partial charge in [0.15, 0.2) is 0 Å². The van der Waals surface area contributed by atoms with E-state index in [9.17, 15) is 14.9 Å². The van der Waals surface area contributed by atoms with Crippen LogP contribution in [0, 0.1) is 10.1 Å². The van der Waals surface area contributed by atoms with E-state index < -0.39 is 10.8 Å². The summed E-state index contributed by atoms with van der Waals surface area (Å²) in [5.74, 6) is -0.287. The van der Waals surface area contributed by atoms with Crippen LogP contribution in [-0.4, -0.2) is 30.8 Å². The summed E-state index contributed by atoms with van der Waals surface area (Å²) in [4.78, 5) is 21.9. The van der Waals surface area contributed by atoms with Gasteiger partial charge in [0.1, 0.15) is 5.69 Å². The van der Waals surface area contributed by atoms with Crippen molar-refractivity contribution in [1.82, 2.24) is 20.0 Å². The number of benzene rings is 1. The third kappa shape index (κ3) is 3.93. The van der Waals surface area contributed by atoms with E-state index >= 15 is 0 Å². The minimum atomic E-state index is -0.491. The summed E-state index contributed by atoms with van der Waals surface area (Å²) < 4.78 is 6.90. The molecule has 1 aromatic carbocycles. The number of hydrogen-bond acceptors (Lipinski definition) is 7. The summed E-state index contributed by atoms with van der Waals surface area (Å²) in [6, 6.07) is 7.43. The Bertz CT molecular complexity index is 941. The Kier molecular flexibility index (Phi) is 4.33. The van der Waals surface area contributed by atoms with Crippen molar-refractivity contribution in [3.8, 4) is 11.6 Å². The molecule has 126 valence electrons. The fourth-order valence-electron chi connectivity index (χ4n) is 1.93. The zero-order valence-electron chi connectivity index (χ0n) is 13.0. The Labute approximate surface area is 140 Å². The van der Waals surface area contributed by atoms with Crippen LogP contribution in [0.4, 0.5) is 11.7 Å². The lowest BCUT2D eigenvalue weighted by Crippen LogP contribution is -2.07. The fraction of sp³-hybridized carbons (Fsp3) is 0.0667. The molecule has 1 amide bonds. The van der Waals surface area contributed by atoms with Crippen LogP contribution in [0.2, 0.25) is 0 Å². The number of nitro benzene ring substituents is 1. The minimum absolute atomic E-state index is 0.0190. The Hall–Kier alpha value is -3.82. The molecule has 3 rings (SSSR count). The second kappa shape index (κ2) is 6.74. The van der Waals surface area contributed by atoms with Crippen molar-refractivity contribution < 1.29 is 14.1 Å². The number of aromatic nitrogens is 4. The van der Waals surface area contributed by atoms with E-state index in [1.54, 1.807) is 24.0 Å². The van der Waals surface area contributed by atoms with Gasteiger partial charge in [-0.25, -0.2) is 0 Å². The molecule has 0 aliphatic carbocycles. The smallest absolute Gasteiger partial charge is 0.322 e. The number of carbonyl (C=O) groups is 1. The molecule has 0 spiro atoms. The van der Waals surface area contributed by atoms with Crippen molar-refractivity contribution in [3.05, 3.63) is 58.3 Å². The van der Waals surface area contributed by atoms with Gasteiger partial charge in [-0.05, 0) is 29.8 Å². The maximum Gasteiger partial charge on any atom is 0.322 e. The van der Waals surface area contributed by atoms with Gasteiger partial charge in [0.25, 0.3) is 17.5 Å². The first kappa shape index (κ1) is 16.1. The zero-order chi connectivity index (χ0) is 17.8. The first-order valence-electron chi connectivity index (χ1n) is 7.08. The summed E-state index contributed by atoms with van der Waals surface area (Å²) in [5, 5.41) is 24.6. The molecule has 2 heterocycles. The summed E-state index contributed by atoms with van der Waals surface area (Å²) in [6.45, 7) is 0. The number of rotatable bonds is 5. The monoisotopic (exact) mass is 340 g/mol. The summed E-state index contributed by atoms with van der Waals surface area (Å²) in [7, 11) is 1.76. The van der Waals surface area contributed by atoms with Gasteiger partial charge in [0.05, 0.1) is 4.92 Å². The molecule has 25 heavy (non-hydrogen) atoms. The molecule has 0 saturated heterocycles. The van der Waals surface area contributed by atoms with E-state index in [1.807, 2.05) is 0 Å². The van der Waals surface area contributed by atoms with E-state index in [-0.39, 0.29) is 17.6 Å². The standard InChI is InChI=1S/C15H12N6O4/c1-20-9-8-12(19-20)14-17-18-15(25-14)16-13(22)7-4-10-2-5-11(6-3-10)21(23)24/h2-9H,1H3,(H,16,18,22)/b7-4-. The molecule has 0 fully saturated rings. The van der Waals surface area contributed by atoms with Crippen molar-refractivity contribution in [2.45, 2.75) is 0 Å². The highest BCUT2D eigenvalue weighted by molar-refractivity contribution is 6.00. The SMILES string of the molecule is Cn1ccc(-c2nnc(NC(=O)/C=C\c3ccc([N+](=O)[O-])cc3)o2)n1. The number of nitrogens with one attached hydrogen (secondary N) is 1. The average Bonchev–Trinajstić information content (AvgIpc) is 3.22. The predicted molar refractivity (Wildman–Crippen MR) is 87.3 cm³/mol. The van der Waals surface area contributed by atoms with Gasteiger partial charge in [-0.15, -0.1) is 5.10 Å². The number of amides is 1. The molecule has 0 saturated carbocycles. The van der Waals surface area contributed by atoms with Crippen molar-refractivity contribution in [2.24, 2.45) is 7.05 Å². The number of nitrogens with zero attached hydrogens (tertiary/aromatic N) is 5. The van der Waals surface area contributed by atoms with Crippen molar-refractivity contribution in [2.75, 3.05) is 5.32 Å². The molecule has 0 aliphatic heterocycles. The minimum Gasteiger partial charge on any atom is -0.401 e. The van der Waals surface area contributed by atoms with Crippen LogP contribution in [-0.2, 0) is 11.8 Å². The van der Waals surface area contributed by atoms with Gasteiger partial charge < -0.3 is 4.42 Å². The molecule has 10 heteroatoms. The highest BCUT2D eigenvalue weighted by Crippen LogP contribution is 2.17. The van der Waals surface area contributed by atoms with Crippen molar-refractivity contribution >= 4 is 23.7 Å². The van der Waals surface area contributed by atoms with Crippen LogP contribution in [0.1, 0.15) is 5.56 Å². The molecule has 0 aliphatic rings. The van der Waals surface area contributed by atoms with Gasteiger partial charge in [0.2, 0.25) is 0 Å². The van der Waals surface area contributed by atoms with Crippen LogP contribution < -0.4 is 5.32 Å². The molecule has 10 nitrogen and oxygen atoms in total. The van der Waals surface area contributed by atoms with Crippen LogP contribution >= 0.6 is 0 Å². The third-order valence-electron chi connectivity index (χ3n) is 3.12. The Morgan fingerprint density at radius 1 is 1.28 bits per heavy atom. The molecule has 0 bridgehead atoms. The number of anilines is 1. The van der Waals surface area contributed by atoms with E-state index in [4.69, 9.17) is 4.42 Å². The Morgan fingerprint density at radius 2 is 2.04 bits per heavy atom. The second-order valence-corrected chi connectivity index (χ2v) is 4.96. The highest BCUT2D eigenvalue weighted by Gasteiger charge is 2.12. The molecule has 0 unspecified atom stereocenters. The van der Waals surface area contributed by atoms with Crippen molar-refractivity contribution in [3.63, 3.8) is 0 Å². The maximum absolute atomic E-state index is 11.9. The van der Waals surface area contributed by atoms with Crippen LogP contribution in [0.15, 0.2) is 47.0 Å². The first-order valence-corrected chi connectivity index (χ1v) is 7.08. The zero-order valence-corrected chi connectivity index (χ0v) is 13.0. The summed E-state index contributed by atoms with van der Waals surface area (Å²) >= 11 is 0. The lowest BCUT2D eigenvalue weighted by Gasteiger charge is -1.95. The van der Waals surface area contributed by atoms with E-state index in [0.29, 0.717) is 11.3 Å². The fourth-order valence-corrected chi connectivity index (χ4v) is 1.93. The van der Waals surface area contributed by atoms with Crippen LogP contribution in [0.25, 0.3) is 17.7 Å². The predicted octanol–water partition coefficient (Wildman–Crippen LogP) is 2.03. The van der Waals surface area contributed by atoms with Crippen molar-refractivity contribution in [1.29, 1.82) is 0 Å². The molecule has 1 N–H and O–H groups in total. The molecular formula is C15H12N6O4. The van der Waals surface area contributed by atoms with Gasteiger partial charge >= 0.3 is 6.01 Å². The summed E-state index contributed by atoms with van der Waals surface area (Å²) in [5.41, 5.74) is 1.12. The van der Waals surface area contributed by atoms with Crippen LogP contribution in [0.5, 0.6) is 0 Å². The highest BCUT2D eigenvalue weighted by atomic mass is 16.6. The second-order valence-electron chi connectivity index (χ2n) is 4.96. The Morgan fingerprint density at radius 3 is 2.68 bits per heavy atom. The molecule has 0 radical (unpaired) electrons. The number of nitro groups is 1. The molecule has 3 aromatic rings. The number of aryl methyl sites for hydroxylation is 1.